The monoisotopic (exact) mass is 308 g/mol. The number of aromatic carboxylic acids is 1. The van der Waals surface area contributed by atoms with Gasteiger partial charge in [-0.15, -0.1) is 0 Å². The zero-order valence-corrected chi connectivity index (χ0v) is 11.9. The Bertz CT molecular complexity index is 856. The van der Waals surface area contributed by atoms with Crippen LogP contribution in [-0.4, -0.2) is 22.0 Å². The van der Waals surface area contributed by atoms with E-state index in [2.05, 4.69) is 10.3 Å². The third-order valence-corrected chi connectivity index (χ3v) is 3.16. The van der Waals surface area contributed by atoms with Crippen LogP contribution in [0.2, 0.25) is 0 Å². The molecular formula is C17H12N2O4. The van der Waals surface area contributed by atoms with Gasteiger partial charge in [-0.25, -0.2) is 9.78 Å². The lowest BCUT2D eigenvalue weighted by molar-refractivity contribution is 0.0698. The molecule has 1 heterocycles. The van der Waals surface area contributed by atoms with E-state index in [4.69, 9.17) is 9.52 Å². The van der Waals surface area contributed by atoms with Gasteiger partial charge < -0.3 is 14.8 Å². The standard InChI is InChI=1S/C17H12N2O4/c20-15(19-13-9-5-4-8-12(13)17(21)22)16-18-10-14(23-16)11-6-2-1-3-7-11/h1-10H,(H,19,20)(H,21,22). The Kier molecular flexibility index (Phi) is 3.88. The van der Waals surface area contributed by atoms with Gasteiger partial charge in [-0.1, -0.05) is 42.5 Å². The molecule has 0 aliphatic rings. The summed E-state index contributed by atoms with van der Waals surface area (Å²) in [4.78, 5) is 27.2. The Hall–Kier alpha value is -3.41. The molecule has 1 amide bonds. The van der Waals surface area contributed by atoms with E-state index in [9.17, 15) is 9.59 Å². The highest BCUT2D eigenvalue weighted by Gasteiger charge is 2.17. The molecule has 0 saturated heterocycles. The average molecular weight is 308 g/mol. The third kappa shape index (κ3) is 3.11. The van der Waals surface area contributed by atoms with Crippen LogP contribution in [-0.2, 0) is 0 Å². The normalized spacial score (nSPS) is 10.3. The first kappa shape index (κ1) is 14.5. The van der Waals surface area contributed by atoms with Crippen LogP contribution < -0.4 is 5.32 Å². The van der Waals surface area contributed by atoms with Crippen molar-refractivity contribution in [2.24, 2.45) is 0 Å². The first-order valence-corrected chi connectivity index (χ1v) is 6.80. The molecule has 0 radical (unpaired) electrons. The second-order valence-corrected chi connectivity index (χ2v) is 4.70. The second kappa shape index (κ2) is 6.15. The summed E-state index contributed by atoms with van der Waals surface area (Å²) in [5.41, 5.74) is 0.977. The van der Waals surface area contributed by atoms with Crippen LogP contribution in [0.5, 0.6) is 0 Å². The molecule has 6 nitrogen and oxygen atoms in total. The number of rotatable bonds is 4. The lowest BCUT2D eigenvalue weighted by Crippen LogP contribution is -2.15. The van der Waals surface area contributed by atoms with Crippen molar-refractivity contribution >= 4 is 17.6 Å². The Labute approximate surface area is 131 Å². The van der Waals surface area contributed by atoms with Gasteiger partial charge in [-0.05, 0) is 12.1 Å². The SMILES string of the molecule is O=C(Nc1ccccc1C(=O)O)c1ncc(-c2ccccc2)o1. The zero-order chi connectivity index (χ0) is 16.2. The van der Waals surface area contributed by atoms with Crippen LogP contribution in [0.1, 0.15) is 21.0 Å². The van der Waals surface area contributed by atoms with E-state index in [1.165, 1.54) is 18.3 Å². The third-order valence-electron chi connectivity index (χ3n) is 3.16. The largest absolute Gasteiger partial charge is 0.478 e. The van der Waals surface area contributed by atoms with Gasteiger partial charge in [0, 0.05) is 5.56 Å². The van der Waals surface area contributed by atoms with Gasteiger partial charge in [0.1, 0.15) is 0 Å². The number of benzene rings is 2. The fraction of sp³-hybridized carbons (Fsp3) is 0. The Morgan fingerprint density at radius 1 is 1.00 bits per heavy atom. The molecule has 0 atom stereocenters. The maximum atomic E-state index is 12.2. The van der Waals surface area contributed by atoms with Crippen LogP contribution in [0.4, 0.5) is 5.69 Å². The smallest absolute Gasteiger partial charge is 0.337 e. The number of amides is 1. The quantitative estimate of drug-likeness (QED) is 0.771. The summed E-state index contributed by atoms with van der Waals surface area (Å²) in [6.45, 7) is 0. The molecule has 3 aromatic rings. The molecule has 3 rings (SSSR count). The summed E-state index contributed by atoms with van der Waals surface area (Å²) in [6, 6.07) is 15.4. The summed E-state index contributed by atoms with van der Waals surface area (Å²) < 4.78 is 5.43. The predicted molar refractivity (Wildman–Crippen MR) is 83.3 cm³/mol. The molecule has 0 aliphatic heterocycles. The van der Waals surface area contributed by atoms with Crippen molar-refractivity contribution in [1.82, 2.24) is 4.98 Å². The van der Waals surface area contributed by atoms with Gasteiger partial charge in [0.05, 0.1) is 17.4 Å². The highest BCUT2D eigenvalue weighted by molar-refractivity contribution is 6.05. The number of para-hydroxylation sites is 1. The van der Waals surface area contributed by atoms with E-state index in [0.717, 1.165) is 5.56 Å². The molecule has 0 aliphatic carbocycles. The topological polar surface area (TPSA) is 92.4 Å². The highest BCUT2D eigenvalue weighted by Crippen LogP contribution is 2.21. The minimum atomic E-state index is -1.13. The van der Waals surface area contributed by atoms with Crippen molar-refractivity contribution in [3.63, 3.8) is 0 Å². The molecule has 0 unspecified atom stereocenters. The molecule has 1 aromatic heterocycles. The number of nitrogens with zero attached hydrogens (tertiary/aromatic N) is 1. The molecule has 0 spiro atoms. The van der Waals surface area contributed by atoms with Crippen LogP contribution in [0.3, 0.4) is 0 Å². The number of carbonyl (C=O) groups is 2. The Morgan fingerprint density at radius 3 is 2.43 bits per heavy atom. The summed E-state index contributed by atoms with van der Waals surface area (Å²) in [5.74, 6) is -1.41. The molecule has 114 valence electrons. The number of carbonyl (C=O) groups excluding carboxylic acids is 1. The minimum Gasteiger partial charge on any atom is -0.478 e. The zero-order valence-electron chi connectivity index (χ0n) is 11.9. The Balaban J connectivity index is 1.83. The van der Waals surface area contributed by atoms with E-state index >= 15 is 0 Å². The summed E-state index contributed by atoms with van der Waals surface area (Å²) in [6.07, 6.45) is 1.45. The maximum absolute atomic E-state index is 12.2. The fourth-order valence-corrected chi connectivity index (χ4v) is 2.07. The van der Waals surface area contributed by atoms with E-state index in [0.29, 0.717) is 5.76 Å². The van der Waals surface area contributed by atoms with Gasteiger partial charge >= 0.3 is 11.9 Å². The van der Waals surface area contributed by atoms with Crippen molar-refractivity contribution < 1.29 is 19.1 Å². The summed E-state index contributed by atoms with van der Waals surface area (Å²) >= 11 is 0. The Morgan fingerprint density at radius 2 is 1.70 bits per heavy atom. The van der Waals surface area contributed by atoms with E-state index in [1.807, 2.05) is 30.3 Å². The average Bonchev–Trinajstić information content (AvgIpc) is 3.06. The summed E-state index contributed by atoms with van der Waals surface area (Å²) in [5, 5.41) is 11.6. The van der Waals surface area contributed by atoms with Gasteiger partial charge in [0.15, 0.2) is 5.76 Å². The van der Waals surface area contributed by atoms with Gasteiger partial charge in [-0.3, -0.25) is 4.79 Å². The number of hydrogen-bond donors (Lipinski definition) is 2. The molecule has 6 heteroatoms. The van der Waals surface area contributed by atoms with Gasteiger partial charge in [0.2, 0.25) is 0 Å². The van der Waals surface area contributed by atoms with Crippen LogP contribution >= 0.6 is 0 Å². The molecule has 0 bridgehead atoms. The van der Waals surface area contributed by atoms with E-state index in [1.54, 1.807) is 12.1 Å². The van der Waals surface area contributed by atoms with Crippen molar-refractivity contribution in [1.29, 1.82) is 0 Å². The van der Waals surface area contributed by atoms with Gasteiger partial charge in [-0.2, -0.15) is 0 Å². The first-order valence-electron chi connectivity index (χ1n) is 6.80. The number of oxazole rings is 1. The number of nitrogens with one attached hydrogen (secondary N) is 1. The minimum absolute atomic E-state index is 0.00399. The van der Waals surface area contributed by atoms with Crippen molar-refractivity contribution in [3.8, 4) is 11.3 Å². The molecular weight excluding hydrogens is 296 g/mol. The van der Waals surface area contributed by atoms with Crippen molar-refractivity contribution in [2.75, 3.05) is 5.32 Å². The van der Waals surface area contributed by atoms with Crippen molar-refractivity contribution in [3.05, 3.63) is 72.2 Å². The predicted octanol–water partition coefficient (Wildman–Crippen LogP) is 3.29. The molecule has 0 fully saturated rings. The highest BCUT2D eigenvalue weighted by atomic mass is 16.4. The molecule has 2 aromatic carbocycles. The van der Waals surface area contributed by atoms with Crippen LogP contribution in [0.15, 0.2) is 65.2 Å². The number of carboxylic acid groups (broad SMARTS) is 1. The number of carboxylic acids is 1. The number of anilines is 1. The van der Waals surface area contributed by atoms with E-state index < -0.39 is 11.9 Å². The van der Waals surface area contributed by atoms with Crippen molar-refractivity contribution in [2.45, 2.75) is 0 Å². The fourth-order valence-electron chi connectivity index (χ4n) is 2.07. The molecule has 2 N–H and O–H groups in total. The lowest BCUT2D eigenvalue weighted by Gasteiger charge is -2.05. The first-order chi connectivity index (χ1) is 11.1. The summed E-state index contributed by atoms with van der Waals surface area (Å²) in [7, 11) is 0. The number of hydrogen-bond acceptors (Lipinski definition) is 4. The number of aromatic nitrogens is 1. The van der Waals surface area contributed by atoms with Crippen LogP contribution in [0.25, 0.3) is 11.3 Å². The molecule has 23 heavy (non-hydrogen) atoms. The molecule has 0 saturated carbocycles. The van der Waals surface area contributed by atoms with Gasteiger partial charge in [0.25, 0.3) is 5.89 Å². The van der Waals surface area contributed by atoms with Crippen LogP contribution in [0, 0.1) is 0 Å². The maximum Gasteiger partial charge on any atom is 0.337 e. The van der Waals surface area contributed by atoms with E-state index in [-0.39, 0.29) is 17.1 Å². The second-order valence-electron chi connectivity index (χ2n) is 4.70. The lowest BCUT2D eigenvalue weighted by atomic mass is 10.2.